The molecule has 2 aliphatic rings. The van der Waals surface area contributed by atoms with Crippen LogP contribution in [0.2, 0.25) is 0 Å². The number of aliphatic imine (C=N–C) groups is 1. The van der Waals surface area contributed by atoms with E-state index in [2.05, 4.69) is 15.3 Å². The lowest BCUT2D eigenvalue weighted by atomic mass is 10.2. The van der Waals surface area contributed by atoms with Crippen LogP contribution in [0.5, 0.6) is 0 Å². The van der Waals surface area contributed by atoms with Crippen LogP contribution in [0.3, 0.4) is 0 Å². The maximum absolute atomic E-state index is 9.95. The van der Waals surface area contributed by atoms with E-state index in [-0.39, 0.29) is 30.6 Å². The Morgan fingerprint density at radius 1 is 1.63 bits per heavy atom. The van der Waals surface area contributed by atoms with Crippen molar-refractivity contribution < 1.29 is 14.9 Å². The molecule has 1 unspecified atom stereocenters. The highest BCUT2D eigenvalue weighted by atomic mass is 35.5. The molecule has 5 N–H and O–H groups in total. The Morgan fingerprint density at radius 3 is 3.11 bits per heavy atom. The highest BCUT2D eigenvalue weighted by Crippen LogP contribution is 2.38. The van der Waals surface area contributed by atoms with Gasteiger partial charge in [0, 0.05) is 0 Å². The topological polar surface area (TPSA) is 118 Å². The van der Waals surface area contributed by atoms with Crippen molar-refractivity contribution in [3.8, 4) is 0 Å². The third-order valence-corrected chi connectivity index (χ3v) is 3.47. The molecular weight excluding hydrogens is 274 g/mol. The van der Waals surface area contributed by atoms with Crippen LogP contribution in [0.4, 0.5) is 5.82 Å². The van der Waals surface area contributed by atoms with Crippen LogP contribution in [0.25, 0.3) is 0 Å². The molecule has 104 valence electrons. The summed E-state index contributed by atoms with van der Waals surface area (Å²) in [5.41, 5.74) is 5.76. The fourth-order valence-corrected chi connectivity index (χ4v) is 2.55. The van der Waals surface area contributed by atoms with Gasteiger partial charge in [-0.2, -0.15) is 4.99 Å². The number of nitrogens with one attached hydrogen (secondary N) is 1. The van der Waals surface area contributed by atoms with Crippen LogP contribution < -0.4 is 11.1 Å². The second kappa shape index (κ2) is 4.34. The van der Waals surface area contributed by atoms with Gasteiger partial charge in [0.1, 0.15) is 12.0 Å². The molecule has 3 rings (SSSR count). The number of aliphatic hydroxyl groups is 2. The van der Waals surface area contributed by atoms with E-state index in [9.17, 15) is 5.11 Å². The normalized spacial score (nSPS) is 33.7. The summed E-state index contributed by atoms with van der Waals surface area (Å²) in [6.45, 7) is -0.0240. The van der Waals surface area contributed by atoms with Gasteiger partial charge in [-0.25, -0.2) is 4.98 Å². The van der Waals surface area contributed by atoms with Crippen molar-refractivity contribution in [1.82, 2.24) is 9.55 Å². The second-order valence-electron chi connectivity index (χ2n) is 4.53. The number of alkyl halides is 1. The number of halogens is 1. The van der Waals surface area contributed by atoms with Gasteiger partial charge >= 0.3 is 0 Å². The van der Waals surface area contributed by atoms with E-state index in [1.807, 2.05) is 0 Å². The number of imidazole rings is 1. The van der Waals surface area contributed by atoms with Gasteiger partial charge in [-0.1, -0.05) is 11.6 Å². The molecule has 9 heteroatoms. The van der Waals surface area contributed by atoms with E-state index in [1.54, 1.807) is 4.57 Å². The van der Waals surface area contributed by atoms with Crippen molar-refractivity contribution in [2.45, 2.75) is 30.4 Å². The second-order valence-corrected chi connectivity index (χ2v) is 5.06. The first-order valence-electron chi connectivity index (χ1n) is 5.88. The summed E-state index contributed by atoms with van der Waals surface area (Å²) in [7, 11) is 0. The number of nitrogens with zero attached hydrogens (tertiary/aromatic N) is 3. The molecule has 1 aromatic heterocycles. The quantitative estimate of drug-likeness (QED) is 0.436. The number of anilines is 1. The van der Waals surface area contributed by atoms with Crippen LogP contribution in [0, 0.1) is 0 Å². The summed E-state index contributed by atoms with van der Waals surface area (Å²) >= 11 is 5.86. The van der Waals surface area contributed by atoms with Crippen molar-refractivity contribution in [1.29, 1.82) is 0 Å². The first-order chi connectivity index (χ1) is 9.01. The third kappa shape index (κ3) is 2.06. The number of guanidine groups is 1. The standard InChI is InChI=1S/C10H14ClN5O3/c11-10(18)7-8(14-9(12)15-10)16(4-13-7)6-2-1-5(3-17)19-6/h4-6,17-18H,1-3H2,(H3,12,14,15)/t5-,6+,10?/m0/s1. The Balaban J connectivity index is 1.93. The first kappa shape index (κ1) is 12.7. The summed E-state index contributed by atoms with van der Waals surface area (Å²) < 4.78 is 7.35. The predicted octanol–water partition coefficient (Wildman–Crippen LogP) is -0.365. The number of hydrogen-bond donors (Lipinski definition) is 4. The Kier molecular flexibility index (Phi) is 2.90. The molecule has 1 saturated heterocycles. The first-order valence-corrected chi connectivity index (χ1v) is 6.26. The maximum atomic E-state index is 9.95. The monoisotopic (exact) mass is 287 g/mol. The van der Waals surface area contributed by atoms with E-state index in [0.717, 1.165) is 12.8 Å². The van der Waals surface area contributed by atoms with Gasteiger partial charge in [0.25, 0.3) is 5.18 Å². The lowest BCUT2D eigenvalue weighted by Gasteiger charge is -2.24. The summed E-state index contributed by atoms with van der Waals surface area (Å²) in [5, 5.41) is 19.9. The van der Waals surface area contributed by atoms with Gasteiger partial charge in [-0.15, -0.1) is 0 Å². The van der Waals surface area contributed by atoms with Gasteiger partial charge in [-0.3, -0.25) is 4.57 Å². The fourth-order valence-electron chi connectivity index (χ4n) is 2.32. The Labute approximate surface area is 113 Å². The van der Waals surface area contributed by atoms with Crippen molar-refractivity contribution in [2.24, 2.45) is 10.7 Å². The summed E-state index contributed by atoms with van der Waals surface area (Å²) in [5.74, 6) is 0.456. The van der Waals surface area contributed by atoms with Gasteiger partial charge in [0.15, 0.2) is 11.7 Å². The highest BCUT2D eigenvalue weighted by molar-refractivity contribution is 6.24. The maximum Gasteiger partial charge on any atom is 0.285 e. The van der Waals surface area contributed by atoms with Gasteiger partial charge < -0.3 is 26.0 Å². The van der Waals surface area contributed by atoms with Crippen LogP contribution >= 0.6 is 11.6 Å². The van der Waals surface area contributed by atoms with Gasteiger partial charge in [0.2, 0.25) is 0 Å². The van der Waals surface area contributed by atoms with Crippen LogP contribution in [0.15, 0.2) is 11.3 Å². The smallest absolute Gasteiger partial charge is 0.285 e. The number of aromatic nitrogens is 2. The molecule has 0 spiro atoms. The van der Waals surface area contributed by atoms with E-state index in [0.29, 0.717) is 5.82 Å². The molecule has 0 aliphatic carbocycles. The number of fused-ring (bicyclic) bond motifs is 1. The molecule has 3 heterocycles. The summed E-state index contributed by atoms with van der Waals surface area (Å²) in [6.07, 6.45) is 2.52. The third-order valence-electron chi connectivity index (χ3n) is 3.21. The molecule has 0 amide bonds. The van der Waals surface area contributed by atoms with E-state index in [4.69, 9.17) is 27.2 Å². The molecule has 1 fully saturated rings. The van der Waals surface area contributed by atoms with E-state index in [1.165, 1.54) is 6.33 Å². The fraction of sp³-hybridized carbons (Fsp3) is 0.600. The molecule has 0 bridgehead atoms. The SMILES string of the molecule is NC1=NC(O)(Cl)c2ncn([C@H]3CC[C@@H](CO)O3)c2N1. The number of aliphatic hydroxyl groups excluding tert-OH is 1. The van der Waals surface area contributed by atoms with E-state index < -0.39 is 5.18 Å². The predicted molar refractivity (Wildman–Crippen MR) is 67.5 cm³/mol. The van der Waals surface area contributed by atoms with E-state index >= 15 is 0 Å². The number of ether oxygens (including phenoxy) is 1. The molecule has 1 aromatic rings. The minimum atomic E-state index is -1.97. The zero-order valence-electron chi connectivity index (χ0n) is 9.95. The molecular formula is C10H14ClN5O3. The van der Waals surface area contributed by atoms with Crippen molar-refractivity contribution in [3.63, 3.8) is 0 Å². The zero-order chi connectivity index (χ0) is 13.6. The molecule has 0 radical (unpaired) electrons. The average Bonchev–Trinajstić information content (AvgIpc) is 2.92. The van der Waals surface area contributed by atoms with Gasteiger partial charge in [0.05, 0.1) is 19.0 Å². The zero-order valence-corrected chi connectivity index (χ0v) is 10.7. The number of nitrogens with two attached hydrogens (primary N) is 1. The van der Waals surface area contributed by atoms with Crippen LogP contribution in [-0.4, -0.2) is 38.4 Å². The lowest BCUT2D eigenvalue weighted by molar-refractivity contribution is -0.0215. The van der Waals surface area contributed by atoms with Gasteiger partial charge in [-0.05, 0) is 12.8 Å². The highest BCUT2D eigenvalue weighted by Gasteiger charge is 2.39. The minimum Gasteiger partial charge on any atom is -0.394 e. The minimum absolute atomic E-state index is 0.00320. The van der Waals surface area contributed by atoms with Crippen molar-refractivity contribution in [2.75, 3.05) is 11.9 Å². The van der Waals surface area contributed by atoms with Crippen molar-refractivity contribution in [3.05, 3.63) is 12.0 Å². The summed E-state index contributed by atoms with van der Waals surface area (Å²) in [6, 6.07) is 0. The van der Waals surface area contributed by atoms with Crippen LogP contribution in [-0.2, 0) is 9.92 Å². The summed E-state index contributed by atoms with van der Waals surface area (Å²) in [4.78, 5) is 7.73. The van der Waals surface area contributed by atoms with Crippen molar-refractivity contribution >= 4 is 23.4 Å². The average molecular weight is 288 g/mol. The molecule has 19 heavy (non-hydrogen) atoms. The Morgan fingerprint density at radius 2 is 2.42 bits per heavy atom. The Bertz CT molecular complexity index is 529. The lowest BCUT2D eigenvalue weighted by Crippen LogP contribution is -2.35. The molecule has 0 saturated carbocycles. The number of hydrogen-bond acceptors (Lipinski definition) is 7. The largest absolute Gasteiger partial charge is 0.394 e. The van der Waals surface area contributed by atoms with Crippen LogP contribution in [0.1, 0.15) is 24.8 Å². The Hall–Kier alpha value is -1.35. The molecule has 8 nitrogen and oxygen atoms in total. The number of rotatable bonds is 2. The molecule has 2 aliphatic heterocycles. The molecule has 3 atom stereocenters. The molecule has 0 aromatic carbocycles.